The van der Waals surface area contributed by atoms with Gasteiger partial charge in [0.15, 0.2) is 5.82 Å². The lowest BCUT2D eigenvalue weighted by Gasteiger charge is -2.16. The number of H-pyrrole nitrogens is 1. The monoisotopic (exact) mass is 425 g/mol. The van der Waals surface area contributed by atoms with E-state index in [-0.39, 0.29) is 24.3 Å². The highest BCUT2D eigenvalue weighted by Crippen LogP contribution is 2.35. The van der Waals surface area contributed by atoms with Gasteiger partial charge in [0.2, 0.25) is 18.2 Å². The molecule has 3 atom stereocenters. The van der Waals surface area contributed by atoms with E-state index in [9.17, 15) is 18.4 Å². The highest BCUT2D eigenvalue weighted by molar-refractivity contribution is 5.90. The fourth-order valence-electron chi connectivity index (χ4n) is 3.46. The Kier molecular flexibility index (Phi) is 7.01. The molecule has 1 aliphatic carbocycles. The van der Waals surface area contributed by atoms with Gasteiger partial charge >= 0.3 is 6.09 Å². The zero-order chi connectivity index (χ0) is 21.7. The number of ether oxygens (including phenoxy) is 1. The number of rotatable bonds is 8. The number of carbonyl (C=O) groups is 2. The van der Waals surface area contributed by atoms with Crippen LogP contribution in [-0.2, 0) is 16.0 Å². The van der Waals surface area contributed by atoms with Crippen LogP contribution in [0.2, 0.25) is 0 Å². The number of hydrogen-bond donors (Lipinski definition) is 3. The summed E-state index contributed by atoms with van der Waals surface area (Å²) < 4.78 is 35.3. The van der Waals surface area contributed by atoms with Crippen LogP contribution in [0.25, 0.3) is 0 Å². The summed E-state index contributed by atoms with van der Waals surface area (Å²) in [5, 5.41) is 12.1. The number of halogens is 2. The first-order valence-electron chi connectivity index (χ1n) is 9.80. The molecule has 1 aliphatic rings. The van der Waals surface area contributed by atoms with Gasteiger partial charge in [-0.15, -0.1) is 0 Å². The highest BCUT2D eigenvalue weighted by atomic mass is 19.3. The number of hydrogen-bond acceptors (Lipinski definition) is 6. The SMILES string of the molecule is Cc1cnc(CC(=O)Nc2cc([C@H]3CC[C@@H](OC(=O)NC(C)CC(F)F)C3)[nH]n2)o1. The van der Waals surface area contributed by atoms with E-state index in [4.69, 9.17) is 9.15 Å². The maximum Gasteiger partial charge on any atom is 0.407 e. The first kappa shape index (κ1) is 21.7. The summed E-state index contributed by atoms with van der Waals surface area (Å²) in [5.74, 6) is 1.15. The van der Waals surface area contributed by atoms with E-state index in [0.717, 1.165) is 12.1 Å². The van der Waals surface area contributed by atoms with Crippen LogP contribution in [0.5, 0.6) is 0 Å². The summed E-state index contributed by atoms with van der Waals surface area (Å²) in [5.41, 5.74) is 0.829. The molecule has 2 heterocycles. The van der Waals surface area contributed by atoms with Gasteiger partial charge in [-0.05, 0) is 33.1 Å². The van der Waals surface area contributed by atoms with Crippen LogP contribution in [0.1, 0.15) is 55.9 Å². The Morgan fingerprint density at radius 1 is 1.40 bits per heavy atom. The van der Waals surface area contributed by atoms with Gasteiger partial charge in [-0.1, -0.05) is 0 Å². The quantitative estimate of drug-likeness (QED) is 0.597. The molecule has 0 aromatic carbocycles. The van der Waals surface area contributed by atoms with E-state index in [0.29, 0.717) is 30.3 Å². The van der Waals surface area contributed by atoms with Gasteiger partial charge in [0.1, 0.15) is 18.3 Å². The van der Waals surface area contributed by atoms with Crippen molar-refractivity contribution in [2.24, 2.45) is 0 Å². The molecule has 0 spiro atoms. The van der Waals surface area contributed by atoms with Gasteiger partial charge in [-0.3, -0.25) is 9.89 Å². The molecule has 30 heavy (non-hydrogen) atoms. The number of carbonyl (C=O) groups excluding carboxylic acids is 2. The molecule has 0 radical (unpaired) electrons. The summed E-state index contributed by atoms with van der Waals surface area (Å²) >= 11 is 0. The molecule has 3 rings (SSSR count). The van der Waals surface area contributed by atoms with Crippen LogP contribution in [-0.4, -0.2) is 45.8 Å². The molecule has 164 valence electrons. The summed E-state index contributed by atoms with van der Waals surface area (Å²) in [6.45, 7) is 3.26. The fourth-order valence-corrected chi connectivity index (χ4v) is 3.46. The lowest BCUT2D eigenvalue weighted by atomic mass is 10.0. The first-order valence-corrected chi connectivity index (χ1v) is 9.80. The number of nitrogens with zero attached hydrogens (tertiary/aromatic N) is 2. The van der Waals surface area contributed by atoms with E-state index in [1.54, 1.807) is 19.2 Å². The van der Waals surface area contributed by atoms with Crippen LogP contribution in [0.15, 0.2) is 16.7 Å². The van der Waals surface area contributed by atoms with Crippen LogP contribution < -0.4 is 10.6 Å². The first-order chi connectivity index (χ1) is 14.3. The van der Waals surface area contributed by atoms with Gasteiger partial charge in [0.05, 0.1) is 6.20 Å². The summed E-state index contributed by atoms with van der Waals surface area (Å²) in [6.07, 6.45) is -0.312. The zero-order valence-corrected chi connectivity index (χ0v) is 16.8. The third-order valence-corrected chi connectivity index (χ3v) is 4.84. The molecule has 1 fully saturated rings. The minimum Gasteiger partial charge on any atom is -0.446 e. The van der Waals surface area contributed by atoms with Crippen LogP contribution in [0.3, 0.4) is 0 Å². The number of aromatic nitrogens is 3. The largest absolute Gasteiger partial charge is 0.446 e. The number of amides is 2. The number of aryl methyl sites for hydroxylation is 1. The minimum atomic E-state index is -2.48. The maximum absolute atomic E-state index is 12.3. The second-order valence-corrected chi connectivity index (χ2v) is 7.51. The minimum absolute atomic E-state index is 0.00840. The second-order valence-electron chi connectivity index (χ2n) is 7.51. The van der Waals surface area contributed by atoms with Crippen LogP contribution in [0, 0.1) is 6.92 Å². The highest BCUT2D eigenvalue weighted by Gasteiger charge is 2.30. The summed E-state index contributed by atoms with van der Waals surface area (Å²) in [7, 11) is 0. The average Bonchev–Trinajstić information content (AvgIpc) is 3.36. The molecule has 9 nitrogen and oxygen atoms in total. The van der Waals surface area contributed by atoms with E-state index in [1.807, 2.05) is 0 Å². The molecule has 1 unspecified atom stereocenters. The van der Waals surface area contributed by atoms with Crippen molar-refractivity contribution in [2.75, 3.05) is 5.32 Å². The molecule has 2 aromatic rings. The number of oxazole rings is 1. The average molecular weight is 425 g/mol. The van der Waals surface area contributed by atoms with Crippen LogP contribution in [0.4, 0.5) is 19.4 Å². The molecule has 3 N–H and O–H groups in total. The Morgan fingerprint density at radius 2 is 2.20 bits per heavy atom. The van der Waals surface area contributed by atoms with Crippen molar-refractivity contribution in [3.8, 4) is 0 Å². The predicted octanol–water partition coefficient (Wildman–Crippen LogP) is 3.29. The molecule has 2 aromatic heterocycles. The standard InChI is InChI=1S/C19H25F2N5O4/c1-10(5-15(20)21)23-19(28)30-13-4-3-12(6-13)14-7-16(26-25-14)24-17(27)8-18-22-9-11(2)29-18/h7,9-10,12-13,15H,3-6,8H2,1-2H3,(H,23,28)(H2,24,25,26,27)/t10?,12-,13+/m0/s1. The Morgan fingerprint density at radius 3 is 2.90 bits per heavy atom. The molecule has 2 amide bonds. The third kappa shape index (κ3) is 6.26. The Balaban J connectivity index is 1.44. The van der Waals surface area contributed by atoms with Crippen molar-refractivity contribution < 1.29 is 27.5 Å². The van der Waals surface area contributed by atoms with Crippen LogP contribution >= 0.6 is 0 Å². The number of alkyl halides is 2. The van der Waals surface area contributed by atoms with Crippen molar-refractivity contribution in [1.29, 1.82) is 0 Å². The zero-order valence-electron chi connectivity index (χ0n) is 16.8. The Hall–Kier alpha value is -2.98. The van der Waals surface area contributed by atoms with E-state index >= 15 is 0 Å². The topological polar surface area (TPSA) is 122 Å². The smallest absolute Gasteiger partial charge is 0.407 e. The normalized spacial score (nSPS) is 19.6. The number of aromatic amines is 1. The summed E-state index contributed by atoms with van der Waals surface area (Å²) in [6, 6.07) is 1.09. The molecule has 0 aliphatic heterocycles. The third-order valence-electron chi connectivity index (χ3n) is 4.84. The van der Waals surface area contributed by atoms with Crippen molar-refractivity contribution in [3.63, 3.8) is 0 Å². The maximum atomic E-state index is 12.3. The molecule has 11 heteroatoms. The number of nitrogens with one attached hydrogen (secondary N) is 3. The molecule has 1 saturated carbocycles. The summed E-state index contributed by atoms with van der Waals surface area (Å²) in [4.78, 5) is 27.9. The van der Waals surface area contributed by atoms with Crippen molar-refractivity contribution in [1.82, 2.24) is 20.5 Å². The van der Waals surface area contributed by atoms with Crippen molar-refractivity contribution >= 4 is 17.8 Å². The molecule has 0 saturated heterocycles. The number of alkyl carbamates (subject to hydrolysis) is 1. The molecular formula is C19H25F2N5O4. The lowest BCUT2D eigenvalue weighted by Crippen LogP contribution is -2.36. The second kappa shape index (κ2) is 9.68. The van der Waals surface area contributed by atoms with E-state index in [1.165, 1.54) is 6.92 Å². The van der Waals surface area contributed by atoms with Gasteiger partial charge < -0.3 is 19.8 Å². The molecular weight excluding hydrogens is 400 g/mol. The Labute approximate surface area is 172 Å². The number of anilines is 1. The van der Waals surface area contributed by atoms with Gasteiger partial charge in [-0.2, -0.15) is 5.10 Å². The fraction of sp³-hybridized carbons (Fsp3) is 0.579. The van der Waals surface area contributed by atoms with Gasteiger partial charge in [0, 0.05) is 30.1 Å². The Bertz CT molecular complexity index is 869. The van der Waals surface area contributed by atoms with E-state index in [2.05, 4.69) is 25.8 Å². The predicted molar refractivity (Wildman–Crippen MR) is 102 cm³/mol. The lowest BCUT2D eigenvalue weighted by molar-refractivity contribution is -0.115. The van der Waals surface area contributed by atoms with Gasteiger partial charge in [-0.25, -0.2) is 18.6 Å². The van der Waals surface area contributed by atoms with Gasteiger partial charge in [0.25, 0.3) is 0 Å². The van der Waals surface area contributed by atoms with E-state index < -0.39 is 25.0 Å². The van der Waals surface area contributed by atoms with Crippen molar-refractivity contribution in [2.45, 2.75) is 70.4 Å². The molecule has 0 bridgehead atoms. The van der Waals surface area contributed by atoms with Crippen molar-refractivity contribution in [3.05, 3.63) is 29.6 Å².